The minimum absolute atomic E-state index is 0.127. The minimum atomic E-state index is -0.633. The van der Waals surface area contributed by atoms with Gasteiger partial charge in [0.05, 0.1) is 8.66 Å². The first-order valence-electron chi connectivity index (χ1n) is 5.46. The lowest BCUT2D eigenvalue weighted by atomic mass is 10.3. The molecule has 0 saturated carbocycles. The van der Waals surface area contributed by atoms with Crippen LogP contribution in [0.3, 0.4) is 0 Å². The number of halogens is 1. The van der Waals surface area contributed by atoms with Crippen molar-refractivity contribution in [3.63, 3.8) is 0 Å². The number of ether oxygens (including phenoxy) is 1. The minimum Gasteiger partial charge on any atom is -0.457 e. The Balaban J connectivity index is 2.19. The van der Waals surface area contributed by atoms with E-state index in [0.29, 0.717) is 17.8 Å². The third kappa shape index (κ3) is 6.35. The van der Waals surface area contributed by atoms with Gasteiger partial charge in [-0.3, -0.25) is 9.59 Å². The third-order valence-electron chi connectivity index (χ3n) is 2.07. The van der Waals surface area contributed by atoms with Gasteiger partial charge in [0.15, 0.2) is 6.61 Å². The molecule has 0 spiro atoms. The van der Waals surface area contributed by atoms with Crippen molar-refractivity contribution in [3.8, 4) is 0 Å². The third-order valence-corrected chi connectivity index (χ3v) is 3.73. The molecular formula is C11H13BrN2O4S. The number of hydrogen-bond donors (Lipinski definition) is 2. The van der Waals surface area contributed by atoms with Crippen LogP contribution in [-0.4, -0.2) is 30.9 Å². The number of primary amides is 1. The number of esters is 1. The van der Waals surface area contributed by atoms with E-state index >= 15 is 0 Å². The van der Waals surface area contributed by atoms with Gasteiger partial charge in [-0.05, 0) is 34.5 Å². The summed E-state index contributed by atoms with van der Waals surface area (Å²) in [6, 6.07) is 2.79. The van der Waals surface area contributed by atoms with Crippen LogP contribution in [0.15, 0.2) is 15.9 Å². The lowest BCUT2D eigenvalue weighted by Crippen LogP contribution is -2.30. The Hall–Kier alpha value is -1.41. The molecule has 19 heavy (non-hydrogen) atoms. The van der Waals surface area contributed by atoms with Crippen LogP contribution < -0.4 is 11.1 Å². The van der Waals surface area contributed by atoms with Crippen molar-refractivity contribution in [2.24, 2.45) is 5.73 Å². The number of carbonyl (C=O) groups is 3. The monoisotopic (exact) mass is 348 g/mol. The summed E-state index contributed by atoms with van der Waals surface area (Å²) in [4.78, 5) is 33.8. The summed E-state index contributed by atoms with van der Waals surface area (Å²) in [5, 5.41) is 2.35. The molecule has 104 valence electrons. The fraction of sp³-hybridized carbons (Fsp3) is 0.364. The molecule has 1 rings (SSSR count). The van der Waals surface area contributed by atoms with Gasteiger partial charge in [-0.15, -0.1) is 11.3 Å². The number of ketones is 1. The van der Waals surface area contributed by atoms with E-state index in [1.807, 2.05) is 0 Å². The summed E-state index contributed by atoms with van der Waals surface area (Å²) in [5.74, 6) is -0.713. The van der Waals surface area contributed by atoms with Crippen LogP contribution in [0.25, 0.3) is 0 Å². The summed E-state index contributed by atoms with van der Waals surface area (Å²) >= 11 is 4.53. The second-order valence-corrected chi connectivity index (χ2v) is 6.05. The van der Waals surface area contributed by atoms with Gasteiger partial charge in [0, 0.05) is 13.0 Å². The number of amides is 2. The van der Waals surface area contributed by atoms with Crippen molar-refractivity contribution in [2.75, 3.05) is 13.2 Å². The number of nitrogens with two attached hydrogens (primary N) is 1. The van der Waals surface area contributed by atoms with E-state index in [4.69, 9.17) is 10.5 Å². The molecule has 0 unspecified atom stereocenters. The second-order valence-electron chi connectivity index (χ2n) is 3.58. The smallest absolute Gasteiger partial charge is 0.312 e. The number of carbonyl (C=O) groups excluding carboxylic acids is 3. The average Bonchev–Trinajstić information content (AvgIpc) is 2.78. The number of rotatable bonds is 7. The van der Waals surface area contributed by atoms with E-state index in [0.717, 1.165) is 3.79 Å². The maximum atomic E-state index is 11.6. The fourth-order valence-electron chi connectivity index (χ4n) is 1.20. The van der Waals surface area contributed by atoms with Gasteiger partial charge in [-0.25, -0.2) is 4.79 Å². The second kappa shape index (κ2) is 7.90. The van der Waals surface area contributed by atoms with Crippen molar-refractivity contribution in [1.29, 1.82) is 0 Å². The highest BCUT2D eigenvalue weighted by atomic mass is 79.9. The number of Topliss-reactive ketones (excluding diaryl/α,β-unsaturated/α-hetero) is 1. The standard InChI is InChI=1S/C11H13BrN2O4S/c12-9-4-3-8(19-9)7(15)6-18-10(16)2-1-5-14-11(13)17/h3-4H,1-2,5-6H2,(H3,13,14,17). The molecule has 0 bridgehead atoms. The molecule has 0 aliphatic heterocycles. The van der Waals surface area contributed by atoms with Gasteiger partial charge in [0.1, 0.15) is 0 Å². The highest BCUT2D eigenvalue weighted by Crippen LogP contribution is 2.22. The Morgan fingerprint density at radius 2 is 2.11 bits per heavy atom. The molecule has 0 aliphatic carbocycles. The Labute approximate surface area is 122 Å². The zero-order chi connectivity index (χ0) is 14.3. The van der Waals surface area contributed by atoms with E-state index in [9.17, 15) is 14.4 Å². The molecular weight excluding hydrogens is 336 g/mol. The van der Waals surface area contributed by atoms with E-state index in [-0.39, 0.29) is 18.8 Å². The summed E-state index contributed by atoms with van der Waals surface area (Å²) < 4.78 is 5.68. The van der Waals surface area contributed by atoms with Crippen LogP contribution in [0.5, 0.6) is 0 Å². The highest BCUT2D eigenvalue weighted by Gasteiger charge is 2.11. The van der Waals surface area contributed by atoms with Crippen molar-refractivity contribution >= 4 is 45.1 Å². The normalized spacial score (nSPS) is 9.95. The number of urea groups is 1. The van der Waals surface area contributed by atoms with Crippen molar-refractivity contribution in [1.82, 2.24) is 5.32 Å². The van der Waals surface area contributed by atoms with Crippen molar-refractivity contribution < 1.29 is 19.1 Å². The number of nitrogens with one attached hydrogen (secondary N) is 1. The molecule has 0 saturated heterocycles. The van der Waals surface area contributed by atoms with Crippen molar-refractivity contribution in [2.45, 2.75) is 12.8 Å². The summed E-state index contributed by atoms with van der Waals surface area (Å²) in [7, 11) is 0. The Kier molecular flexibility index (Phi) is 6.51. The SMILES string of the molecule is NC(=O)NCCCC(=O)OCC(=O)c1ccc(Br)s1. The Morgan fingerprint density at radius 1 is 1.37 bits per heavy atom. The van der Waals surface area contributed by atoms with E-state index in [2.05, 4.69) is 21.2 Å². The first-order valence-corrected chi connectivity index (χ1v) is 7.07. The topological polar surface area (TPSA) is 98.5 Å². The van der Waals surface area contributed by atoms with E-state index in [1.54, 1.807) is 12.1 Å². The lowest BCUT2D eigenvalue weighted by molar-refractivity contribution is -0.142. The summed E-state index contributed by atoms with van der Waals surface area (Å²) in [6.45, 7) is 0.0330. The lowest BCUT2D eigenvalue weighted by Gasteiger charge is -2.03. The van der Waals surface area contributed by atoms with Gasteiger partial charge >= 0.3 is 12.0 Å². The molecule has 0 fully saturated rings. The molecule has 2 amide bonds. The molecule has 0 aromatic carbocycles. The maximum absolute atomic E-state index is 11.6. The number of thiophene rings is 1. The molecule has 6 nitrogen and oxygen atoms in total. The van der Waals surface area contributed by atoms with Gasteiger partial charge < -0.3 is 15.8 Å². The average molecular weight is 349 g/mol. The van der Waals surface area contributed by atoms with Crippen LogP contribution in [0, 0.1) is 0 Å². The Bertz CT molecular complexity index is 475. The first-order chi connectivity index (χ1) is 8.99. The fourth-order valence-corrected chi connectivity index (χ4v) is 2.51. The van der Waals surface area contributed by atoms with Gasteiger partial charge in [-0.1, -0.05) is 0 Å². The molecule has 1 aromatic rings. The van der Waals surface area contributed by atoms with Crippen molar-refractivity contribution in [3.05, 3.63) is 20.8 Å². The summed E-state index contributed by atoms with van der Waals surface area (Å²) in [6.07, 6.45) is 0.544. The zero-order valence-electron chi connectivity index (χ0n) is 9.98. The number of hydrogen-bond acceptors (Lipinski definition) is 5. The van der Waals surface area contributed by atoms with Gasteiger partial charge in [0.25, 0.3) is 0 Å². The molecule has 3 N–H and O–H groups in total. The van der Waals surface area contributed by atoms with Gasteiger partial charge in [-0.2, -0.15) is 0 Å². The van der Waals surface area contributed by atoms with E-state index in [1.165, 1.54) is 11.3 Å². The highest BCUT2D eigenvalue weighted by molar-refractivity contribution is 9.11. The summed E-state index contributed by atoms with van der Waals surface area (Å²) in [5.41, 5.74) is 4.86. The predicted molar refractivity (Wildman–Crippen MR) is 74.1 cm³/mol. The molecule has 0 atom stereocenters. The van der Waals surface area contributed by atoms with E-state index < -0.39 is 12.0 Å². The zero-order valence-corrected chi connectivity index (χ0v) is 12.4. The molecule has 1 heterocycles. The van der Waals surface area contributed by atoms with Crippen LogP contribution in [0.4, 0.5) is 4.79 Å². The Morgan fingerprint density at radius 3 is 2.68 bits per heavy atom. The maximum Gasteiger partial charge on any atom is 0.312 e. The molecule has 0 radical (unpaired) electrons. The van der Waals surface area contributed by atoms with Crippen LogP contribution >= 0.6 is 27.3 Å². The largest absolute Gasteiger partial charge is 0.457 e. The molecule has 1 aromatic heterocycles. The van der Waals surface area contributed by atoms with Gasteiger partial charge in [0.2, 0.25) is 5.78 Å². The first kappa shape index (κ1) is 15.6. The van der Waals surface area contributed by atoms with Crippen LogP contribution in [0.2, 0.25) is 0 Å². The molecule has 8 heteroatoms. The molecule has 0 aliphatic rings. The van der Waals surface area contributed by atoms with Crippen LogP contribution in [0.1, 0.15) is 22.5 Å². The van der Waals surface area contributed by atoms with Crippen LogP contribution in [-0.2, 0) is 9.53 Å². The quantitative estimate of drug-likeness (QED) is 0.445. The predicted octanol–water partition coefficient (Wildman–Crippen LogP) is 1.69.